The zero-order chi connectivity index (χ0) is 17.1. The van der Waals surface area contributed by atoms with E-state index in [0.717, 1.165) is 32.0 Å². The van der Waals surface area contributed by atoms with Crippen LogP contribution in [0.4, 0.5) is 16.4 Å². The van der Waals surface area contributed by atoms with E-state index in [1.165, 1.54) is 10.5 Å². The van der Waals surface area contributed by atoms with Gasteiger partial charge in [0.2, 0.25) is 0 Å². The van der Waals surface area contributed by atoms with Gasteiger partial charge >= 0.3 is 6.03 Å². The third-order valence-electron chi connectivity index (χ3n) is 3.99. The number of nitrogens with one attached hydrogen (secondary N) is 1. The van der Waals surface area contributed by atoms with Crippen molar-refractivity contribution in [1.29, 1.82) is 0 Å². The Morgan fingerprint density at radius 1 is 1.29 bits per heavy atom. The minimum Gasteiger partial charge on any atom is -0.354 e. The highest BCUT2D eigenvalue weighted by molar-refractivity contribution is 7.78. The summed E-state index contributed by atoms with van der Waals surface area (Å²) in [5.41, 5.74) is 1.22. The van der Waals surface area contributed by atoms with E-state index in [4.69, 9.17) is 0 Å². The molecule has 0 bridgehead atoms. The molecule has 3 rings (SSSR count). The van der Waals surface area contributed by atoms with Crippen LogP contribution in [0.3, 0.4) is 0 Å². The largest absolute Gasteiger partial charge is 0.354 e. The monoisotopic (exact) mass is 347 g/mol. The number of amides is 2. The molecule has 1 fully saturated rings. The molecule has 24 heavy (non-hydrogen) atoms. The molecule has 2 aromatic rings. The Morgan fingerprint density at radius 3 is 2.75 bits per heavy atom. The van der Waals surface area contributed by atoms with Crippen LogP contribution in [0.5, 0.6) is 0 Å². The first-order chi connectivity index (χ1) is 11.6. The number of piperazine rings is 1. The van der Waals surface area contributed by atoms with Crippen LogP contribution in [0.2, 0.25) is 0 Å². The Labute approximate surface area is 146 Å². The van der Waals surface area contributed by atoms with Crippen molar-refractivity contribution in [3.63, 3.8) is 0 Å². The maximum absolute atomic E-state index is 11.9. The molecule has 0 saturated carbocycles. The van der Waals surface area contributed by atoms with Crippen molar-refractivity contribution in [2.75, 3.05) is 50.0 Å². The van der Waals surface area contributed by atoms with E-state index in [2.05, 4.69) is 49.9 Å². The second-order valence-electron chi connectivity index (χ2n) is 5.70. The third kappa shape index (κ3) is 3.68. The van der Waals surface area contributed by atoms with Crippen molar-refractivity contribution < 1.29 is 4.79 Å². The molecule has 1 aliphatic heterocycles. The number of rotatable bonds is 3. The summed E-state index contributed by atoms with van der Waals surface area (Å²) in [6, 6.07) is 3.53. The summed E-state index contributed by atoms with van der Waals surface area (Å²) >= 11 is 4.07. The average Bonchev–Trinajstić information content (AvgIpc) is 2.61. The van der Waals surface area contributed by atoms with Crippen LogP contribution in [-0.4, -0.2) is 70.0 Å². The summed E-state index contributed by atoms with van der Waals surface area (Å²) in [7, 11) is 2.12. The number of carbonyl (C=O) groups excluding carboxylic acids is 1. The van der Waals surface area contributed by atoms with Crippen LogP contribution in [0.15, 0.2) is 18.3 Å². The fourth-order valence-corrected chi connectivity index (χ4v) is 2.53. The van der Waals surface area contributed by atoms with Gasteiger partial charge in [-0.15, -0.1) is 0 Å². The molecular formula is C15H21N7OS. The second-order valence-corrected chi connectivity index (χ2v) is 6.19. The molecule has 2 amide bonds. The van der Waals surface area contributed by atoms with E-state index in [9.17, 15) is 4.79 Å². The van der Waals surface area contributed by atoms with Crippen LogP contribution in [0, 0.1) is 0 Å². The minimum absolute atomic E-state index is 0.343. The number of thiol groups is 1. The summed E-state index contributed by atoms with van der Waals surface area (Å²) in [6.07, 6.45) is 1.52. The predicted molar refractivity (Wildman–Crippen MR) is 97.4 cm³/mol. The molecular weight excluding hydrogens is 326 g/mol. The SMILES string of the molecule is CCN(S)C(=O)Nc1cnc2ccc(N3CCN(C)CC3)nc2n1. The number of fused-ring (bicyclic) bond motifs is 1. The van der Waals surface area contributed by atoms with Gasteiger partial charge in [0.15, 0.2) is 11.5 Å². The molecule has 3 heterocycles. The van der Waals surface area contributed by atoms with Crippen molar-refractivity contribution in [3.8, 4) is 0 Å². The molecule has 9 heteroatoms. The molecule has 0 aliphatic carbocycles. The van der Waals surface area contributed by atoms with Gasteiger partial charge < -0.3 is 9.80 Å². The Balaban J connectivity index is 1.81. The first-order valence-corrected chi connectivity index (χ1v) is 8.31. The minimum atomic E-state index is -0.343. The van der Waals surface area contributed by atoms with Gasteiger partial charge in [-0.3, -0.25) is 9.62 Å². The van der Waals surface area contributed by atoms with Gasteiger partial charge in [-0.25, -0.2) is 19.7 Å². The average molecular weight is 347 g/mol. The molecule has 0 spiro atoms. The maximum Gasteiger partial charge on any atom is 0.332 e. The lowest BCUT2D eigenvalue weighted by atomic mass is 10.3. The zero-order valence-electron chi connectivity index (χ0n) is 13.8. The Hall–Kier alpha value is -2.13. The molecule has 1 saturated heterocycles. The van der Waals surface area contributed by atoms with Crippen LogP contribution in [0.1, 0.15) is 6.92 Å². The topological polar surface area (TPSA) is 77.5 Å². The van der Waals surface area contributed by atoms with E-state index < -0.39 is 0 Å². The second kappa shape index (κ2) is 7.18. The summed E-state index contributed by atoms with van der Waals surface area (Å²) in [4.78, 5) is 29.7. The molecule has 2 aromatic heterocycles. The van der Waals surface area contributed by atoms with Crippen LogP contribution in [0.25, 0.3) is 11.2 Å². The number of carbonyl (C=O) groups is 1. The number of hydrogen-bond acceptors (Lipinski definition) is 7. The highest BCUT2D eigenvalue weighted by Gasteiger charge is 2.16. The molecule has 0 aromatic carbocycles. The van der Waals surface area contributed by atoms with E-state index in [1.807, 2.05) is 19.1 Å². The Bertz CT molecular complexity index is 733. The summed E-state index contributed by atoms with van der Waals surface area (Å²) in [5, 5.41) is 2.67. The zero-order valence-corrected chi connectivity index (χ0v) is 14.7. The third-order valence-corrected chi connectivity index (χ3v) is 4.45. The van der Waals surface area contributed by atoms with Gasteiger partial charge in [-0.1, -0.05) is 12.8 Å². The highest BCUT2D eigenvalue weighted by atomic mass is 32.1. The Kier molecular flexibility index (Phi) is 5.00. The standard InChI is InChI=1S/C15H21N7OS/c1-3-22(24)15(23)18-12-10-16-11-4-5-13(19-14(11)17-12)21-8-6-20(2)7-9-21/h4-5,10,24H,3,6-9H2,1-2H3,(H,17,18,19,23). The lowest BCUT2D eigenvalue weighted by molar-refractivity contribution is 0.240. The number of hydrogen-bond donors (Lipinski definition) is 2. The van der Waals surface area contributed by atoms with Gasteiger partial charge in [0.05, 0.1) is 6.20 Å². The number of aromatic nitrogens is 3. The molecule has 1 N–H and O–H groups in total. The van der Waals surface area contributed by atoms with Gasteiger partial charge in [-0.05, 0) is 26.1 Å². The van der Waals surface area contributed by atoms with Crippen molar-refractivity contribution in [2.45, 2.75) is 6.92 Å². The first-order valence-electron chi connectivity index (χ1n) is 7.91. The lowest BCUT2D eigenvalue weighted by Crippen LogP contribution is -2.44. The van der Waals surface area contributed by atoms with Gasteiger partial charge in [0.1, 0.15) is 11.3 Å². The summed E-state index contributed by atoms with van der Waals surface area (Å²) in [5.74, 6) is 1.25. The lowest BCUT2D eigenvalue weighted by Gasteiger charge is -2.33. The fourth-order valence-electron chi connectivity index (χ4n) is 2.48. The normalized spacial score (nSPS) is 15.5. The van der Waals surface area contributed by atoms with Crippen molar-refractivity contribution in [2.24, 2.45) is 0 Å². The predicted octanol–water partition coefficient (Wildman–Crippen LogP) is 1.48. The molecule has 8 nitrogen and oxygen atoms in total. The molecule has 0 unspecified atom stereocenters. The smallest absolute Gasteiger partial charge is 0.332 e. The molecule has 0 radical (unpaired) electrons. The van der Waals surface area contributed by atoms with E-state index in [-0.39, 0.29) is 6.03 Å². The van der Waals surface area contributed by atoms with Crippen LogP contribution < -0.4 is 10.2 Å². The van der Waals surface area contributed by atoms with E-state index >= 15 is 0 Å². The highest BCUT2D eigenvalue weighted by Crippen LogP contribution is 2.18. The van der Waals surface area contributed by atoms with Crippen LogP contribution in [-0.2, 0) is 0 Å². The number of likely N-dealkylation sites (N-methyl/N-ethyl adjacent to an activating group) is 1. The van der Waals surface area contributed by atoms with E-state index in [0.29, 0.717) is 23.5 Å². The summed E-state index contributed by atoms with van der Waals surface area (Å²) < 4.78 is 1.26. The molecule has 0 atom stereocenters. The molecule has 128 valence electrons. The number of pyridine rings is 1. The summed E-state index contributed by atoms with van der Waals surface area (Å²) in [6.45, 7) is 6.21. The van der Waals surface area contributed by atoms with Crippen molar-refractivity contribution in [1.82, 2.24) is 24.2 Å². The van der Waals surface area contributed by atoms with Gasteiger partial charge in [-0.2, -0.15) is 0 Å². The maximum atomic E-state index is 11.9. The fraction of sp³-hybridized carbons (Fsp3) is 0.467. The first kappa shape index (κ1) is 16.7. The van der Waals surface area contributed by atoms with Crippen LogP contribution >= 0.6 is 12.8 Å². The number of nitrogens with zero attached hydrogens (tertiary/aromatic N) is 6. The quantitative estimate of drug-likeness (QED) is 0.819. The van der Waals surface area contributed by atoms with Gasteiger partial charge in [0.25, 0.3) is 0 Å². The Morgan fingerprint density at radius 2 is 2.04 bits per heavy atom. The molecule has 1 aliphatic rings. The number of urea groups is 1. The number of anilines is 2. The van der Waals surface area contributed by atoms with E-state index in [1.54, 1.807) is 0 Å². The van der Waals surface area contributed by atoms with Crippen molar-refractivity contribution in [3.05, 3.63) is 18.3 Å². The van der Waals surface area contributed by atoms with Crippen molar-refractivity contribution >= 4 is 41.6 Å². The van der Waals surface area contributed by atoms with Gasteiger partial charge in [0, 0.05) is 32.7 Å².